The first-order valence-corrected chi connectivity index (χ1v) is 5.98. The lowest BCUT2D eigenvalue weighted by Gasteiger charge is -2.05. The van der Waals surface area contributed by atoms with Crippen molar-refractivity contribution in [1.29, 1.82) is 0 Å². The van der Waals surface area contributed by atoms with Crippen LogP contribution in [0.3, 0.4) is 0 Å². The standard InChI is InChI=1S/C15H13NO2/c17-16-13(11-7-3-1-4-8-11)15-14(18-15)12-9-5-2-6-10-12/h1-10,13-15H. The molecule has 3 heteroatoms. The summed E-state index contributed by atoms with van der Waals surface area (Å²) in [6.07, 6.45) is -0.138. The molecule has 1 heterocycles. The molecule has 0 radical (unpaired) electrons. The molecule has 90 valence electrons. The molecule has 2 aromatic rings. The van der Waals surface area contributed by atoms with Gasteiger partial charge in [-0.05, 0) is 11.1 Å². The Bertz CT molecular complexity index is 527. The summed E-state index contributed by atoms with van der Waals surface area (Å²) in [5.41, 5.74) is 2.02. The van der Waals surface area contributed by atoms with Gasteiger partial charge in [0.15, 0.2) is 0 Å². The summed E-state index contributed by atoms with van der Waals surface area (Å²) in [4.78, 5) is 11.0. The third kappa shape index (κ3) is 2.05. The van der Waals surface area contributed by atoms with Gasteiger partial charge in [0.05, 0.1) is 0 Å². The number of benzene rings is 2. The molecule has 0 aliphatic carbocycles. The first kappa shape index (κ1) is 11.1. The fraction of sp³-hybridized carbons (Fsp3) is 0.200. The van der Waals surface area contributed by atoms with Crippen LogP contribution in [0.25, 0.3) is 0 Å². The minimum atomic E-state index is -0.420. The van der Waals surface area contributed by atoms with Gasteiger partial charge in [-0.15, -0.1) is 0 Å². The third-order valence-corrected chi connectivity index (χ3v) is 3.22. The Balaban J connectivity index is 1.79. The van der Waals surface area contributed by atoms with E-state index in [-0.39, 0.29) is 12.2 Å². The van der Waals surface area contributed by atoms with Crippen molar-refractivity contribution in [2.24, 2.45) is 5.18 Å². The molecule has 0 saturated carbocycles. The smallest absolute Gasteiger partial charge is 0.146 e. The van der Waals surface area contributed by atoms with E-state index in [9.17, 15) is 4.91 Å². The van der Waals surface area contributed by atoms with Gasteiger partial charge < -0.3 is 4.74 Å². The van der Waals surface area contributed by atoms with Crippen molar-refractivity contribution < 1.29 is 4.74 Å². The molecule has 3 atom stereocenters. The van der Waals surface area contributed by atoms with E-state index >= 15 is 0 Å². The zero-order chi connectivity index (χ0) is 12.4. The summed E-state index contributed by atoms with van der Waals surface area (Å²) in [6.45, 7) is 0. The first-order chi connectivity index (χ1) is 8.90. The molecule has 0 aromatic heterocycles. The van der Waals surface area contributed by atoms with E-state index in [0.717, 1.165) is 11.1 Å². The Hall–Kier alpha value is -2.00. The number of hydrogen-bond donors (Lipinski definition) is 0. The van der Waals surface area contributed by atoms with Crippen LogP contribution in [-0.4, -0.2) is 6.10 Å². The Labute approximate surface area is 105 Å². The van der Waals surface area contributed by atoms with Crippen LogP contribution >= 0.6 is 0 Å². The number of nitrogens with zero attached hydrogens (tertiary/aromatic N) is 1. The summed E-state index contributed by atoms with van der Waals surface area (Å²) >= 11 is 0. The van der Waals surface area contributed by atoms with Gasteiger partial charge >= 0.3 is 0 Å². The summed E-state index contributed by atoms with van der Waals surface area (Å²) in [6, 6.07) is 19.1. The highest BCUT2D eigenvalue weighted by atomic mass is 16.6. The maximum absolute atomic E-state index is 11.0. The molecule has 1 saturated heterocycles. The molecule has 18 heavy (non-hydrogen) atoms. The van der Waals surface area contributed by atoms with Crippen LogP contribution in [0.5, 0.6) is 0 Å². The zero-order valence-electron chi connectivity index (χ0n) is 9.77. The van der Waals surface area contributed by atoms with Crippen molar-refractivity contribution in [3.63, 3.8) is 0 Å². The van der Waals surface area contributed by atoms with Crippen LogP contribution in [0.4, 0.5) is 0 Å². The summed E-state index contributed by atoms with van der Waals surface area (Å²) < 4.78 is 5.62. The number of rotatable bonds is 4. The molecule has 0 bridgehead atoms. The molecule has 3 rings (SSSR count). The average molecular weight is 239 g/mol. The van der Waals surface area contributed by atoms with E-state index in [2.05, 4.69) is 5.18 Å². The van der Waals surface area contributed by atoms with Gasteiger partial charge in [-0.2, -0.15) is 4.91 Å². The Morgan fingerprint density at radius 3 is 2.17 bits per heavy atom. The van der Waals surface area contributed by atoms with Crippen molar-refractivity contribution in [2.75, 3.05) is 0 Å². The van der Waals surface area contributed by atoms with Crippen molar-refractivity contribution in [2.45, 2.75) is 18.2 Å². The minimum Gasteiger partial charge on any atom is -0.362 e. The molecule has 1 aliphatic rings. The fourth-order valence-electron chi connectivity index (χ4n) is 2.24. The maximum Gasteiger partial charge on any atom is 0.146 e. The SMILES string of the molecule is O=NC(c1ccccc1)C1OC1c1ccccc1. The lowest BCUT2D eigenvalue weighted by Crippen LogP contribution is -2.03. The van der Waals surface area contributed by atoms with E-state index < -0.39 is 6.04 Å². The van der Waals surface area contributed by atoms with E-state index in [0.29, 0.717) is 0 Å². The van der Waals surface area contributed by atoms with Crippen molar-refractivity contribution >= 4 is 0 Å². The molecule has 0 spiro atoms. The quantitative estimate of drug-likeness (QED) is 0.604. The molecule has 3 nitrogen and oxygen atoms in total. The normalized spacial score (nSPS) is 23.3. The van der Waals surface area contributed by atoms with Crippen LogP contribution < -0.4 is 0 Å². The number of nitroso groups, excluding NO2 is 1. The zero-order valence-corrected chi connectivity index (χ0v) is 9.77. The lowest BCUT2D eigenvalue weighted by molar-refractivity contribution is 0.352. The maximum atomic E-state index is 11.0. The average Bonchev–Trinajstić information content (AvgIpc) is 3.22. The predicted octanol–water partition coefficient (Wildman–Crippen LogP) is 3.63. The van der Waals surface area contributed by atoms with Gasteiger partial charge in [-0.3, -0.25) is 0 Å². The molecule has 1 fully saturated rings. The van der Waals surface area contributed by atoms with Crippen LogP contribution in [0, 0.1) is 4.91 Å². The highest BCUT2D eigenvalue weighted by Crippen LogP contribution is 2.47. The summed E-state index contributed by atoms with van der Waals surface area (Å²) in [5.74, 6) is 0. The Morgan fingerprint density at radius 2 is 1.56 bits per heavy atom. The highest BCUT2D eigenvalue weighted by Gasteiger charge is 2.47. The van der Waals surface area contributed by atoms with Crippen LogP contribution in [0.15, 0.2) is 65.8 Å². The van der Waals surface area contributed by atoms with E-state index in [1.807, 2.05) is 60.7 Å². The molecule has 2 aromatic carbocycles. The largest absolute Gasteiger partial charge is 0.362 e. The summed E-state index contributed by atoms with van der Waals surface area (Å²) in [5, 5.41) is 3.22. The third-order valence-electron chi connectivity index (χ3n) is 3.22. The lowest BCUT2D eigenvalue weighted by atomic mass is 10.00. The first-order valence-electron chi connectivity index (χ1n) is 5.98. The van der Waals surface area contributed by atoms with E-state index in [1.165, 1.54) is 0 Å². The van der Waals surface area contributed by atoms with Gasteiger partial charge in [-0.25, -0.2) is 0 Å². The monoisotopic (exact) mass is 239 g/mol. The second-order valence-electron chi connectivity index (χ2n) is 4.39. The molecule has 0 N–H and O–H groups in total. The van der Waals surface area contributed by atoms with E-state index in [4.69, 9.17) is 4.74 Å². The van der Waals surface area contributed by atoms with Crippen molar-refractivity contribution in [1.82, 2.24) is 0 Å². The Morgan fingerprint density at radius 1 is 0.944 bits per heavy atom. The Kier molecular flexibility index (Phi) is 2.90. The molecule has 3 unspecified atom stereocenters. The molecule has 0 amide bonds. The van der Waals surface area contributed by atoms with Gasteiger partial charge in [0, 0.05) is 0 Å². The summed E-state index contributed by atoms with van der Waals surface area (Å²) in [7, 11) is 0. The highest BCUT2D eigenvalue weighted by molar-refractivity contribution is 5.28. The van der Waals surface area contributed by atoms with Crippen molar-refractivity contribution in [3.05, 3.63) is 76.7 Å². The predicted molar refractivity (Wildman–Crippen MR) is 69.0 cm³/mol. The number of hydrogen-bond acceptors (Lipinski definition) is 3. The minimum absolute atomic E-state index is 0.00546. The van der Waals surface area contributed by atoms with E-state index in [1.54, 1.807) is 0 Å². The molecule has 1 aliphatic heterocycles. The van der Waals surface area contributed by atoms with Crippen LogP contribution in [0.1, 0.15) is 23.3 Å². The van der Waals surface area contributed by atoms with Gasteiger partial charge in [0.25, 0.3) is 0 Å². The van der Waals surface area contributed by atoms with Gasteiger partial charge in [0.2, 0.25) is 0 Å². The second-order valence-corrected chi connectivity index (χ2v) is 4.39. The topological polar surface area (TPSA) is 42.0 Å². The molecular weight excluding hydrogens is 226 g/mol. The number of epoxide rings is 1. The van der Waals surface area contributed by atoms with Gasteiger partial charge in [0.1, 0.15) is 18.2 Å². The van der Waals surface area contributed by atoms with Gasteiger partial charge in [-0.1, -0.05) is 65.8 Å². The second kappa shape index (κ2) is 4.70. The van der Waals surface area contributed by atoms with Crippen LogP contribution in [-0.2, 0) is 4.74 Å². The molecular formula is C15H13NO2. The fourth-order valence-corrected chi connectivity index (χ4v) is 2.24. The number of ether oxygens (including phenoxy) is 1. The van der Waals surface area contributed by atoms with Crippen molar-refractivity contribution in [3.8, 4) is 0 Å². The van der Waals surface area contributed by atoms with Crippen LogP contribution in [0.2, 0.25) is 0 Å².